The van der Waals surface area contributed by atoms with E-state index in [0.29, 0.717) is 18.6 Å². The summed E-state index contributed by atoms with van der Waals surface area (Å²) >= 11 is 0. The average Bonchev–Trinajstić information content (AvgIpc) is 2.38. The predicted octanol–water partition coefficient (Wildman–Crippen LogP) is 1.97. The molecule has 0 heterocycles. The zero-order valence-corrected chi connectivity index (χ0v) is 11.2. The lowest BCUT2D eigenvalue weighted by Gasteiger charge is -2.31. The number of rotatable bonds is 8. The van der Waals surface area contributed by atoms with Gasteiger partial charge in [0.2, 0.25) is 0 Å². The van der Waals surface area contributed by atoms with Gasteiger partial charge < -0.3 is 15.6 Å². The van der Waals surface area contributed by atoms with Crippen LogP contribution in [-0.4, -0.2) is 32.0 Å². The maximum Gasteiger partial charge on any atom is 0.126 e. The first-order chi connectivity index (χ1) is 9.07. The van der Waals surface area contributed by atoms with Gasteiger partial charge in [0.05, 0.1) is 6.61 Å². The van der Waals surface area contributed by atoms with Gasteiger partial charge in [-0.05, 0) is 30.5 Å². The molecular weight excluding hydrogens is 252 g/mol. The van der Waals surface area contributed by atoms with Crippen LogP contribution < -0.4 is 5.73 Å². The van der Waals surface area contributed by atoms with Crippen molar-refractivity contribution < 1.29 is 18.6 Å². The molecule has 0 saturated carbocycles. The summed E-state index contributed by atoms with van der Waals surface area (Å²) in [5.74, 6) is -1.31. The Morgan fingerprint density at radius 3 is 2.32 bits per heavy atom. The molecule has 0 amide bonds. The minimum atomic E-state index is -0.795. The van der Waals surface area contributed by atoms with Gasteiger partial charge in [0.15, 0.2) is 0 Å². The van der Waals surface area contributed by atoms with E-state index in [0.717, 1.165) is 18.9 Å². The second-order valence-corrected chi connectivity index (χ2v) is 4.75. The van der Waals surface area contributed by atoms with Crippen LogP contribution in [0.2, 0.25) is 0 Å². The summed E-state index contributed by atoms with van der Waals surface area (Å²) in [6.45, 7) is 0.516. The van der Waals surface area contributed by atoms with E-state index in [1.165, 1.54) is 12.1 Å². The van der Waals surface area contributed by atoms with Crippen LogP contribution in [0.15, 0.2) is 18.2 Å². The molecule has 0 aliphatic carbocycles. The number of hydrogen-bond acceptors (Lipinski definition) is 3. The lowest BCUT2D eigenvalue weighted by atomic mass is 9.77. The Balaban J connectivity index is 2.90. The molecule has 0 aliphatic rings. The van der Waals surface area contributed by atoms with Crippen LogP contribution in [0, 0.1) is 11.6 Å². The highest BCUT2D eigenvalue weighted by Crippen LogP contribution is 2.30. The van der Waals surface area contributed by atoms with Crippen LogP contribution in [0.5, 0.6) is 0 Å². The third-order valence-corrected chi connectivity index (χ3v) is 3.42. The van der Waals surface area contributed by atoms with Gasteiger partial charge in [-0.1, -0.05) is 6.42 Å². The maximum absolute atomic E-state index is 13.3. The van der Waals surface area contributed by atoms with Crippen molar-refractivity contribution >= 4 is 0 Å². The molecule has 0 bridgehead atoms. The van der Waals surface area contributed by atoms with Gasteiger partial charge in [-0.3, -0.25) is 0 Å². The summed E-state index contributed by atoms with van der Waals surface area (Å²) in [6.07, 6.45) is 2.14. The number of methoxy groups -OCH3 is 1. The number of hydrogen-bond donors (Lipinski definition) is 2. The first-order valence-electron chi connectivity index (χ1n) is 6.34. The molecule has 0 saturated heterocycles. The number of benzene rings is 1. The fraction of sp³-hybridized carbons (Fsp3) is 0.571. The van der Waals surface area contributed by atoms with E-state index in [9.17, 15) is 13.9 Å². The molecule has 108 valence electrons. The van der Waals surface area contributed by atoms with E-state index in [2.05, 4.69) is 0 Å². The van der Waals surface area contributed by atoms with E-state index in [-0.39, 0.29) is 13.2 Å². The molecule has 0 spiro atoms. The molecule has 19 heavy (non-hydrogen) atoms. The second-order valence-electron chi connectivity index (χ2n) is 4.75. The van der Waals surface area contributed by atoms with Crippen LogP contribution >= 0.6 is 0 Å². The molecule has 1 unspecified atom stereocenters. The molecule has 0 radical (unpaired) electrons. The Morgan fingerprint density at radius 1 is 1.21 bits per heavy atom. The first-order valence-corrected chi connectivity index (χ1v) is 6.34. The zero-order chi connectivity index (χ0) is 14.3. The topological polar surface area (TPSA) is 55.5 Å². The summed E-state index contributed by atoms with van der Waals surface area (Å²) < 4.78 is 31.5. The SMILES string of the molecule is COCCCCC(CN)(CO)c1cc(F)cc(F)c1. The van der Waals surface area contributed by atoms with Crippen molar-refractivity contribution in [2.75, 3.05) is 26.9 Å². The van der Waals surface area contributed by atoms with Crippen molar-refractivity contribution in [3.05, 3.63) is 35.4 Å². The van der Waals surface area contributed by atoms with Crippen LogP contribution in [0.4, 0.5) is 8.78 Å². The zero-order valence-electron chi connectivity index (χ0n) is 11.2. The van der Waals surface area contributed by atoms with Crippen molar-refractivity contribution in [2.24, 2.45) is 5.73 Å². The van der Waals surface area contributed by atoms with Crippen molar-refractivity contribution in [3.8, 4) is 0 Å². The van der Waals surface area contributed by atoms with Crippen molar-refractivity contribution in [1.82, 2.24) is 0 Å². The molecule has 3 N–H and O–H groups in total. The third-order valence-electron chi connectivity index (χ3n) is 3.42. The monoisotopic (exact) mass is 273 g/mol. The summed E-state index contributed by atoms with van der Waals surface area (Å²) in [7, 11) is 1.62. The highest BCUT2D eigenvalue weighted by molar-refractivity contribution is 5.27. The first kappa shape index (κ1) is 16.0. The highest BCUT2D eigenvalue weighted by atomic mass is 19.1. The number of halogens is 2. The van der Waals surface area contributed by atoms with Crippen molar-refractivity contribution in [2.45, 2.75) is 24.7 Å². The molecular formula is C14H21F2NO2. The highest BCUT2D eigenvalue weighted by Gasteiger charge is 2.30. The van der Waals surface area contributed by atoms with Crippen LogP contribution in [-0.2, 0) is 10.2 Å². The predicted molar refractivity (Wildman–Crippen MR) is 69.9 cm³/mol. The second kappa shape index (κ2) is 7.53. The number of nitrogens with two attached hydrogens (primary N) is 1. The maximum atomic E-state index is 13.3. The van der Waals surface area contributed by atoms with E-state index < -0.39 is 17.0 Å². The normalized spacial score (nSPS) is 14.4. The Morgan fingerprint density at radius 2 is 1.84 bits per heavy atom. The Bertz CT molecular complexity index is 375. The number of aliphatic hydroxyl groups is 1. The lowest BCUT2D eigenvalue weighted by molar-refractivity contribution is 0.167. The summed E-state index contributed by atoms with van der Waals surface area (Å²) in [5, 5.41) is 9.61. The fourth-order valence-corrected chi connectivity index (χ4v) is 2.17. The van der Waals surface area contributed by atoms with Crippen molar-refractivity contribution in [1.29, 1.82) is 0 Å². The van der Waals surface area contributed by atoms with E-state index in [1.54, 1.807) is 7.11 Å². The Hall–Kier alpha value is -1.04. The van der Waals surface area contributed by atoms with E-state index in [4.69, 9.17) is 10.5 Å². The Kier molecular flexibility index (Phi) is 6.34. The molecule has 0 aromatic heterocycles. The lowest BCUT2D eigenvalue weighted by Crippen LogP contribution is -2.39. The van der Waals surface area contributed by atoms with Gasteiger partial charge in [-0.15, -0.1) is 0 Å². The van der Waals surface area contributed by atoms with Gasteiger partial charge >= 0.3 is 0 Å². The molecule has 3 nitrogen and oxygen atoms in total. The molecule has 1 aromatic carbocycles. The smallest absolute Gasteiger partial charge is 0.126 e. The van der Waals surface area contributed by atoms with Gasteiger partial charge in [0.1, 0.15) is 11.6 Å². The number of aliphatic hydroxyl groups excluding tert-OH is 1. The van der Waals surface area contributed by atoms with Crippen LogP contribution in [0.1, 0.15) is 24.8 Å². The van der Waals surface area contributed by atoms with Gasteiger partial charge in [0.25, 0.3) is 0 Å². The summed E-state index contributed by atoms with van der Waals surface area (Å²) in [6, 6.07) is 3.29. The fourth-order valence-electron chi connectivity index (χ4n) is 2.17. The molecule has 1 atom stereocenters. The summed E-state index contributed by atoms with van der Waals surface area (Å²) in [5.41, 5.74) is 5.34. The molecule has 0 fully saturated rings. The number of unbranched alkanes of at least 4 members (excludes halogenated alkanes) is 1. The van der Waals surface area contributed by atoms with E-state index in [1.807, 2.05) is 0 Å². The number of ether oxygens (including phenoxy) is 1. The quantitative estimate of drug-likeness (QED) is 0.712. The molecule has 5 heteroatoms. The van der Waals surface area contributed by atoms with Gasteiger partial charge in [-0.2, -0.15) is 0 Å². The molecule has 1 rings (SSSR count). The third kappa shape index (κ3) is 4.23. The Labute approximate surface area is 112 Å². The summed E-state index contributed by atoms with van der Waals surface area (Å²) in [4.78, 5) is 0. The minimum Gasteiger partial charge on any atom is -0.395 e. The standard InChI is InChI=1S/C14H21F2NO2/c1-19-5-3-2-4-14(9-17,10-18)11-6-12(15)8-13(16)7-11/h6-8,18H,2-5,9-10,17H2,1H3. The van der Waals surface area contributed by atoms with Crippen LogP contribution in [0.3, 0.4) is 0 Å². The average molecular weight is 273 g/mol. The van der Waals surface area contributed by atoms with Gasteiger partial charge in [0, 0.05) is 31.7 Å². The van der Waals surface area contributed by atoms with Gasteiger partial charge in [-0.25, -0.2) is 8.78 Å². The molecule has 1 aromatic rings. The van der Waals surface area contributed by atoms with Crippen molar-refractivity contribution in [3.63, 3.8) is 0 Å². The largest absolute Gasteiger partial charge is 0.395 e. The van der Waals surface area contributed by atoms with Crippen LogP contribution in [0.25, 0.3) is 0 Å². The minimum absolute atomic E-state index is 0.138. The molecule has 0 aliphatic heterocycles. The van der Waals surface area contributed by atoms with E-state index >= 15 is 0 Å².